The van der Waals surface area contributed by atoms with Crippen molar-refractivity contribution >= 4 is 22.6 Å². The van der Waals surface area contributed by atoms with Crippen molar-refractivity contribution in [2.45, 2.75) is 6.92 Å². The van der Waals surface area contributed by atoms with Crippen molar-refractivity contribution < 1.29 is 4.42 Å². The summed E-state index contributed by atoms with van der Waals surface area (Å²) in [4.78, 5) is 11.9. The maximum absolute atomic E-state index is 11.9. The van der Waals surface area contributed by atoms with E-state index >= 15 is 0 Å². The van der Waals surface area contributed by atoms with Crippen LogP contribution in [-0.2, 0) is 0 Å². The summed E-state index contributed by atoms with van der Waals surface area (Å²) in [5.74, 6) is 0. The fourth-order valence-electron chi connectivity index (χ4n) is 1.88. The lowest BCUT2D eigenvalue weighted by Gasteiger charge is -2.02. The van der Waals surface area contributed by atoms with Crippen molar-refractivity contribution in [1.29, 1.82) is 0 Å². The van der Waals surface area contributed by atoms with Gasteiger partial charge in [0.05, 0.1) is 5.56 Å². The van der Waals surface area contributed by atoms with Gasteiger partial charge >= 0.3 is 5.63 Å². The summed E-state index contributed by atoms with van der Waals surface area (Å²) < 4.78 is 5.28. The van der Waals surface area contributed by atoms with Crippen LogP contribution in [0.2, 0.25) is 5.15 Å². The third-order valence-electron chi connectivity index (χ3n) is 2.80. The highest BCUT2D eigenvalue weighted by Crippen LogP contribution is 2.20. The van der Waals surface area contributed by atoms with Crippen LogP contribution in [0.3, 0.4) is 0 Å². The molecule has 1 aromatic carbocycles. The van der Waals surface area contributed by atoms with Crippen LogP contribution in [-0.4, -0.2) is 10.2 Å². The predicted octanol–water partition coefficient (Wildman–Crippen LogP) is 3.21. The number of aromatic nitrogens is 2. The van der Waals surface area contributed by atoms with E-state index in [1.165, 1.54) is 0 Å². The molecule has 0 aliphatic rings. The lowest BCUT2D eigenvalue weighted by Crippen LogP contribution is -2.04. The van der Waals surface area contributed by atoms with E-state index < -0.39 is 5.63 Å². The molecule has 0 aliphatic carbocycles. The van der Waals surface area contributed by atoms with E-state index in [4.69, 9.17) is 16.0 Å². The molecule has 94 valence electrons. The van der Waals surface area contributed by atoms with Crippen LogP contribution in [0, 0.1) is 6.92 Å². The SMILES string of the molecule is Cc1ccc2oc(=O)c(-c3ccc(Cl)nn3)cc2c1. The van der Waals surface area contributed by atoms with E-state index in [1.807, 2.05) is 19.1 Å². The van der Waals surface area contributed by atoms with Crippen LogP contribution in [0.15, 0.2) is 45.6 Å². The van der Waals surface area contributed by atoms with Gasteiger partial charge in [0.15, 0.2) is 5.15 Å². The van der Waals surface area contributed by atoms with Crippen molar-refractivity contribution in [3.8, 4) is 11.3 Å². The van der Waals surface area contributed by atoms with Gasteiger partial charge in [-0.05, 0) is 37.3 Å². The highest BCUT2D eigenvalue weighted by molar-refractivity contribution is 6.29. The highest BCUT2D eigenvalue weighted by atomic mass is 35.5. The van der Waals surface area contributed by atoms with E-state index in [2.05, 4.69) is 10.2 Å². The highest BCUT2D eigenvalue weighted by Gasteiger charge is 2.09. The second-order valence-corrected chi connectivity index (χ2v) is 4.62. The Balaban J connectivity index is 2.26. The molecule has 3 aromatic rings. The first kappa shape index (κ1) is 11.9. The standard InChI is InChI=1S/C14H9ClN2O2/c1-8-2-4-12-9(6-8)7-10(14(18)19-12)11-3-5-13(15)17-16-11/h2-7H,1H3. The smallest absolute Gasteiger partial charge is 0.345 e. The van der Waals surface area contributed by atoms with E-state index in [-0.39, 0.29) is 5.15 Å². The third-order valence-corrected chi connectivity index (χ3v) is 3.00. The van der Waals surface area contributed by atoms with Gasteiger partial charge in [-0.15, -0.1) is 10.2 Å². The zero-order valence-corrected chi connectivity index (χ0v) is 10.8. The monoisotopic (exact) mass is 272 g/mol. The molecule has 4 nitrogen and oxygen atoms in total. The van der Waals surface area contributed by atoms with E-state index in [1.54, 1.807) is 24.3 Å². The summed E-state index contributed by atoms with van der Waals surface area (Å²) >= 11 is 5.68. The largest absolute Gasteiger partial charge is 0.422 e. The van der Waals surface area contributed by atoms with E-state index in [0.717, 1.165) is 10.9 Å². The lowest BCUT2D eigenvalue weighted by atomic mass is 10.1. The Bertz CT molecular complexity index is 810. The molecule has 0 amide bonds. The molecule has 2 aromatic heterocycles. The molecular weight excluding hydrogens is 264 g/mol. The Hall–Kier alpha value is -2.20. The first-order valence-corrected chi connectivity index (χ1v) is 6.05. The molecular formula is C14H9ClN2O2. The molecule has 0 fully saturated rings. The number of rotatable bonds is 1. The zero-order chi connectivity index (χ0) is 13.4. The molecule has 19 heavy (non-hydrogen) atoms. The summed E-state index contributed by atoms with van der Waals surface area (Å²) in [5.41, 5.74) is 2.03. The molecule has 2 heterocycles. The number of benzene rings is 1. The Labute approximate surface area is 113 Å². The number of fused-ring (bicyclic) bond motifs is 1. The maximum Gasteiger partial charge on any atom is 0.345 e. The van der Waals surface area contributed by atoms with Gasteiger partial charge in [0.25, 0.3) is 0 Å². The summed E-state index contributed by atoms with van der Waals surface area (Å²) in [6.07, 6.45) is 0. The Morgan fingerprint density at radius 3 is 2.68 bits per heavy atom. The van der Waals surface area contributed by atoms with Gasteiger partial charge in [-0.2, -0.15) is 0 Å². The van der Waals surface area contributed by atoms with Crippen molar-refractivity contribution in [1.82, 2.24) is 10.2 Å². The topological polar surface area (TPSA) is 56.0 Å². The molecule has 0 atom stereocenters. The number of halogens is 1. The number of hydrogen-bond donors (Lipinski definition) is 0. The molecule has 0 spiro atoms. The van der Waals surface area contributed by atoms with Crippen LogP contribution in [0.1, 0.15) is 5.56 Å². The first-order chi connectivity index (χ1) is 9.13. The minimum absolute atomic E-state index is 0.282. The van der Waals surface area contributed by atoms with Gasteiger partial charge in [-0.1, -0.05) is 23.2 Å². The van der Waals surface area contributed by atoms with Crippen LogP contribution < -0.4 is 5.63 Å². The quantitative estimate of drug-likeness (QED) is 0.638. The van der Waals surface area contributed by atoms with Gasteiger partial charge in [0.2, 0.25) is 0 Å². The number of nitrogens with zero attached hydrogens (tertiary/aromatic N) is 2. The molecule has 0 radical (unpaired) electrons. The third kappa shape index (κ3) is 2.22. The van der Waals surface area contributed by atoms with Crippen LogP contribution in [0.4, 0.5) is 0 Å². The Morgan fingerprint density at radius 2 is 1.95 bits per heavy atom. The van der Waals surface area contributed by atoms with Crippen molar-refractivity contribution in [3.63, 3.8) is 0 Å². The molecule has 0 saturated carbocycles. The van der Waals surface area contributed by atoms with Gasteiger partial charge in [0, 0.05) is 5.39 Å². The molecule has 0 aliphatic heterocycles. The van der Waals surface area contributed by atoms with Gasteiger partial charge in [-0.3, -0.25) is 0 Å². The fraction of sp³-hybridized carbons (Fsp3) is 0.0714. The molecule has 3 rings (SSSR count). The Morgan fingerprint density at radius 1 is 1.11 bits per heavy atom. The van der Waals surface area contributed by atoms with Crippen LogP contribution >= 0.6 is 11.6 Å². The maximum atomic E-state index is 11.9. The normalized spacial score (nSPS) is 10.8. The Kier molecular flexibility index (Phi) is 2.80. The zero-order valence-electron chi connectivity index (χ0n) is 10.1. The van der Waals surface area contributed by atoms with Crippen LogP contribution in [0.25, 0.3) is 22.2 Å². The predicted molar refractivity (Wildman–Crippen MR) is 73.3 cm³/mol. The lowest BCUT2D eigenvalue weighted by molar-refractivity contribution is 0.563. The average molecular weight is 273 g/mol. The summed E-state index contributed by atoms with van der Waals surface area (Å²) in [6, 6.07) is 10.6. The second kappa shape index (κ2) is 4.48. The molecule has 0 N–H and O–H groups in total. The van der Waals surface area contributed by atoms with E-state index in [9.17, 15) is 4.79 Å². The molecule has 0 saturated heterocycles. The van der Waals surface area contributed by atoms with Crippen LogP contribution in [0.5, 0.6) is 0 Å². The average Bonchev–Trinajstić information content (AvgIpc) is 2.40. The van der Waals surface area contributed by atoms with Crippen molar-refractivity contribution in [3.05, 3.63) is 57.5 Å². The second-order valence-electron chi connectivity index (χ2n) is 4.23. The van der Waals surface area contributed by atoms with E-state index in [0.29, 0.717) is 16.8 Å². The summed E-state index contributed by atoms with van der Waals surface area (Å²) in [7, 11) is 0. The first-order valence-electron chi connectivity index (χ1n) is 5.67. The molecule has 0 bridgehead atoms. The number of hydrogen-bond acceptors (Lipinski definition) is 4. The van der Waals surface area contributed by atoms with Gasteiger partial charge < -0.3 is 4.42 Å². The molecule has 0 unspecified atom stereocenters. The van der Waals surface area contributed by atoms with Crippen molar-refractivity contribution in [2.24, 2.45) is 0 Å². The summed E-state index contributed by atoms with van der Waals surface area (Å²) in [5, 5.41) is 8.76. The van der Waals surface area contributed by atoms with Gasteiger partial charge in [0.1, 0.15) is 11.3 Å². The number of aryl methyl sites for hydroxylation is 1. The molecule has 5 heteroatoms. The minimum Gasteiger partial charge on any atom is -0.422 e. The summed E-state index contributed by atoms with van der Waals surface area (Å²) in [6.45, 7) is 1.98. The van der Waals surface area contributed by atoms with Crippen molar-refractivity contribution in [2.75, 3.05) is 0 Å². The minimum atomic E-state index is -0.437. The van der Waals surface area contributed by atoms with Gasteiger partial charge in [-0.25, -0.2) is 4.79 Å². The fourth-order valence-corrected chi connectivity index (χ4v) is 1.98.